The van der Waals surface area contributed by atoms with Gasteiger partial charge in [0, 0.05) is 18.8 Å². The number of hydrogen-bond donors (Lipinski definition) is 2. The van der Waals surface area contributed by atoms with Gasteiger partial charge in [-0.25, -0.2) is 0 Å². The molecule has 0 aliphatic carbocycles. The van der Waals surface area contributed by atoms with Crippen molar-refractivity contribution in [2.24, 2.45) is 0 Å². The van der Waals surface area contributed by atoms with Crippen LogP contribution in [-0.2, 0) is 4.79 Å². The number of nitrogens with zero attached hydrogens (tertiary/aromatic N) is 1. The van der Waals surface area contributed by atoms with Crippen molar-refractivity contribution >= 4 is 5.91 Å². The van der Waals surface area contributed by atoms with Crippen LogP contribution in [0, 0.1) is 0 Å². The smallest absolute Gasteiger partial charge is 0.221 e. The zero-order valence-corrected chi connectivity index (χ0v) is 21.1. The van der Waals surface area contributed by atoms with Crippen LogP contribution in [0.1, 0.15) is 143 Å². The summed E-state index contributed by atoms with van der Waals surface area (Å²) in [6.07, 6.45) is 28.7. The lowest BCUT2D eigenvalue weighted by atomic mass is 10.1. The highest BCUT2D eigenvalue weighted by Gasteiger charge is 2.23. The molecule has 1 aliphatic rings. The van der Waals surface area contributed by atoms with Gasteiger partial charge in [-0.15, -0.1) is 0 Å². The molecule has 0 saturated carbocycles. The van der Waals surface area contributed by atoms with Gasteiger partial charge < -0.3 is 15.5 Å². The molecule has 2 atom stereocenters. The molecule has 1 rings (SSSR count). The molecule has 4 nitrogen and oxygen atoms in total. The topological polar surface area (TPSA) is 44.4 Å². The molecule has 0 fully saturated rings. The highest BCUT2D eigenvalue weighted by molar-refractivity contribution is 5.76. The van der Waals surface area contributed by atoms with Crippen LogP contribution in [0.5, 0.6) is 0 Å². The molecule has 4 heteroatoms. The van der Waals surface area contributed by atoms with Crippen LogP contribution in [0.25, 0.3) is 0 Å². The van der Waals surface area contributed by atoms with E-state index in [1.54, 1.807) is 0 Å². The summed E-state index contributed by atoms with van der Waals surface area (Å²) in [6.45, 7) is 6.64. The molecule has 0 bridgehead atoms. The predicted octanol–water partition coefficient (Wildman–Crippen LogP) is 7.60. The number of unbranched alkanes of at least 4 members (excludes halogenated alkanes) is 15. The summed E-state index contributed by atoms with van der Waals surface area (Å²) in [4.78, 5) is 14.6. The van der Waals surface area contributed by atoms with Gasteiger partial charge in [0.15, 0.2) is 0 Å². The fraction of sp³-hybridized carbons (Fsp3) is 0.889. The Kier molecular flexibility index (Phi) is 17.5. The minimum atomic E-state index is 0.0522. The quantitative estimate of drug-likeness (QED) is 0.182. The largest absolute Gasteiger partial charge is 0.370 e. The monoisotopic (exact) mass is 435 g/mol. The molecule has 0 aromatic rings. The van der Waals surface area contributed by atoms with Crippen LogP contribution in [0.2, 0.25) is 0 Å². The van der Waals surface area contributed by atoms with E-state index in [2.05, 4.69) is 42.5 Å². The van der Waals surface area contributed by atoms with Gasteiger partial charge in [0.1, 0.15) is 0 Å². The molecule has 1 aliphatic heterocycles. The third-order valence-electron chi connectivity index (χ3n) is 6.55. The minimum Gasteiger partial charge on any atom is -0.370 e. The molecule has 2 unspecified atom stereocenters. The third-order valence-corrected chi connectivity index (χ3v) is 6.55. The van der Waals surface area contributed by atoms with Gasteiger partial charge in [0.2, 0.25) is 5.91 Å². The molecule has 182 valence electrons. The Hall–Kier alpha value is -1.19. The Morgan fingerprint density at radius 1 is 0.806 bits per heavy atom. The molecular weight excluding hydrogens is 382 g/mol. The highest BCUT2D eigenvalue weighted by atomic mass is 16.1. The van der Waals surface area contributed by atoms with Crippen molar-refractivity contribution in [3.05, 3.63) is 12.4 Å². The Morgan fingerprint density at radius 2 is 1.29 bits per heavy atom. The van der Waals surface area contributed by atoms with Crippen molar-refractivity contribution in [1.29, 1.82) is 0 Å². The standard InChI is InChI=1S/C27H53N3O/c1-4-6-8-10-12-14-16-18-20-22-27(31)29-25(3)30-24-23-28-26(30)21-19-17-15-13-11-9-7-5-2/h23-26,28H,4-22H2,1-3H3,(H,29,31). The second-order valence-corrected chi connectivity index (χ2v) is 9.53. The Bertz CT molecular complexity index is 452. The molecule has 0 radical (unpaired) electrons. The van der Waals surface area contributed by atoms with Gasteiger partial charge in [0.25, 0.3) is 0 Å². The molecule has 0 saturated heterocycles. The number of hydrogen-bond acceptors (Lipinski definition) is 3. The fourth-order valence-electron chi connectivity index (χ4n) is 4.51. The second-order valence-electron chi connectivity index (χ2n) is 9.53. The van der Waals surface area contributed by atoms with Gasteiger partial charge >= 0.3 is 0 Å². The summed E-state index contributed by atoms with van der Waals surface area (Å²) < 4.78 is 0. The fourth-order valence-corrected chi connectivity index (χ4v) is 4.51. The second kappa shape index (κ2) is 19.5. The summed E-state index contributed by atoms with van der Waals surface area (Å²) in [5, 5.41) is 6.66. The Labute approximate surface area is 194 Å². The van der Waals surface area contributed by atoms with Crippen molar-refractivity contribution in [1.82, 2.24) is 15.5 Å². The lowest BCUT2D eigenvalue weighted by Gasteiger charge is -2.32. The van der Waals surface area contributed by atoms with Crippen molar-refractivity contribution in [2.45, 2.75) is 155 Å². The molecule has 2 N–H and O–H groups in total. The zero-order chi connectivity index (χ0) is 22.6. The molecule has 1 amide bonds. The predicted molar refractivity (Wildman–Crippen MR) is 135 cm³/mol. The van der Waals surface area contributed by atoms with Gasteiger partial charge in [-0.05, 0) is 26.2 Å². The van der Waals surface area contributed by atoms with E-state index in [1.165, 1.54) is 103 Å². The normalized spacial score (nSPS) is 16.5. The average molecular weight is 436 g/mol. The van der Waals surface area contributed by atoms with Crippen LogP contribution in [0.3, 0.4) is 0 Å². The van der Waals surface area contributed by atoms with E-state index in [1.807, 2.05) is 6.20 Å². The molecule has 1 heterocycles. The average Bonchev–Trinajstić information content (AvgIpc) is 3.23. The molecule has 0 aromatic heterocycles. The SMILES string of the molecule is CCCCCCCCCCCC(=O)NC(C)N1C=CNC1CCCCCCCCCC. The molecule has 31 heavy (non-hydrogen) atoms. The zero-order valence-electron chi connectivity index (χ0n) is 21.1. The van der Waals surface area contributed by atoms with Crippen LogP contribution >= 0.6 is 0 Å². The van der Waals surface area contributed by atoms with Gasteiger partial charge in [-0.3, -0.25) is 4.79 Å². The molecular formula is C27H53N3O. The van der Waals surface area contributed by atoms with E-state index in [0.717, 1.165) is 12.8 Å². The number of amides is 1. The summed E-state index contributed by atoms with van der Waals surface area (Å²) in [6, 6.07) is 0. The van der Waals surface area contributed by atoms with E-state index in [-0.39, 0.29) is 12.1 Å². The van der Waals surface area contributed by atoms with Crippen molar-refractivity contribution < 1.29 is 4.79 Å². The number of carbonyl (C=O) groups is 1. The Balaban J connectivity index is 2.06. The summed E-state index contributed by atoms with van der Waals surface area (Å²) in [5.41, 5.74) is 0. The van der Waals surface area contributed by atoms with Crippen molar-refractivity contribution in [3.63, 3.8) is 0 Å². The molecule has 0 aromatic carbocycles. The Morgan fingerprint density at radius 3 is 1.84 bits per heavy atom. The van der Waals surface area contributed by atoms with Crippen LogP contribution in [0.4, 0.5) is 0 Å². The maximum absolute atomic E-state index is 12.3. The first-order valence-corrected chi connectivity index (χ1v) is 13.7. The maximum Gasteiger partial charge on any atom is 0.221 e. The van der Waals surface area contributed by atoms with Crippen LogP contribution < -0.4 is 10.6 Å². The van der Waals surface area contributed by atoms with E-state index in [9.17, 15) is 4.79 Å². The summed E-state index contributed by atoms with van der Waals surface area (Å²) >= 11 is 0. The maximum atomic E-state index is 12.3. The first kappa shape index (κ1) is 27.8. The minimum absolute atomic E-state index is 0.0522. The molecule has 0 spiro atoms. The van der Waals surface area contributed by atoms with Crippen LogP contribution in [0.15, 0.2) is 12.4 Å². The van der Waals surface area contributed by atoms with Crippen LogP contribution in [-0.4, -0.2) is 23.1 Å². The van der Waals surface area contributed by atoms with Gasteiger partial charge in [-0.2, -0.15) is 0 Å². The number of rotatable bonds is 21. The first-order chi connectivity index (χ1) is 15.2. The lowest BCUT2D eigenvalue weighted by Crippen LogP contribution is -2.49. The van der Waals surface area contributed by atoms with Crippen molar-refractivity contribution in [3.8, 4) is 0 Å². The van der Waals surface area contributed by atoms with E-state index in [4.69, 9.17) is 0 Å². The van der Waals surface area contributed by atoms with E-state index in [0.29, 0.717) is 12.6 Å². The third kappa shape index (κ3) is 14.5. The highest BCUT2D eigenvalue weighted by Crippen LogP contribution is 2.17. The van der Waals surface area contributed by atoms with E-state index >= 15 is 0 Å². The number of carbonyl (C=O) groups excluding carboxylic acids is 1. The van der Waals surface area contributed by atoms with E-state index < -0.39 is 0 Å². The van der Waals surface area contributed by atoms with Gasteiger partial charge in [-0.1, -0.05) is 110 Å². The first-order valence-electron chi connectivity index (χ1n) is 13.7. The summed E-state index contributed by atoms with van der Waals surface area (Å²) in [7, 11) is 0. The van der Waals surface area contributed by atoms with Gasteiger partial charge in [0.05, 0.1) is 12.3 Å². The number of nitrogens with one attached hydrogen (secondary N) is 2. The lowest BCUT2D eigenvalue weighted by molar-refractivity contribution is -0.122. The van der Waals surface area contributed by atoms with Crippen molar-refractivity contribution in [2.75, 3.05) is 0 Å². The summed E-state index contributed by atoms with van der Waals surface area (Å²) in [5.74, 6) is 0.196.